The highest BCUT2D eigenvalue weighted by molar-refractivity contribution is 7.80. The summed E-state index contributed by atoms with van der Waals surface area (Å²) < 4.78 is 117. The van der Waals surface area contributed by atoms with E-state index in [4.69, 9.17) is 0 Å². The Hall–Kier alpha value is -0.610. The fraction of sp³-hybridized carbons (Fsp3) is 0.800. The zero-order valence-corrected chi connectivity index (χ0v) is 7.50. The molecule has 0 unspecified atom stereocenters. The molecule has 96 valence electrons. The lowest BCUT2D eigenvalue weighted by Gasteiger charge is -2.29. The van der Waals surface area contributed by atoms with Gasteiger partial charge in [0.25, 0.3) is 0 Å². The third-order valence-electron chi connectivity index (χ3n) is 1.29. The van der Waals surface area contributed by atoms with Crippen molar-refractivity contribution in [2.24, 2.45) is 0 Å². The number of hydrogen-bond acceptors (Lipinski definition) is 1. The van der Waals surface area contributed by atoms with Gasteiger partial charge < -0.3 is 0 Å². The number of halogens is 10. The number of rotatable bonds is 2. The van der Waals surface area contributed by atoms with Crippen LogP contribution in [0, 0.1) is 0 Å². The lowest BCUT2D eigenvalue weighted by atomic mass is 10.1. The van der Waals surface area contributed by atoms with Crippen LogP contribution in [-0.2, 0) is 0 Å². The second kappa shape index (κ2) is 3.70. The molecule has 0 rings (SSSR count). The van der Waals surface area contributed by atoms with Crippen LogP contribution >= 0.6 is 12.2 Å². The molecule has 0 bridgehead atoms. The highest BCUT2D eigenvalue weighted by Crippen LogP contribution is 2.49. The monoisotopic (exact) mass is 282 g/mol. The fourth-order valence-corrected chi connectivity index (χ4v) is 0.627. The van der Waals surface area contributed by atoms with E-state index in [0.717, 1.165) is 0 Å². The molecule has 0 N–H and O–H groups in total. The van der Waals surface area contributed by atoms with Crippen molar-refractivity contribution in [3.8, 4) is 0 Å². The zero-order valence-electron chi connectivity index (χ0n) is 6.69. The predicted octanol–water partition coefficient (Wildman–Crippen LogP) is 3.75. The van der Waals surface area contributed by atoms with Crippen molar-refractivity contribution in [3.63, 3.8) is 0 Å². The molecular formula is C5F10S. The minimum Gasteiger partial charge on any atom is -0.193 e. The minimum atomic E-state index is -6.88. The van der Waals surface area contributed by atoms with E-state index >= 15 is 0 Å². The summed E-state index contributed by atoms with van der Waals surface area (Å²) in [6.45, 7) is 0. The van der Waals surface area contributed by atoms with Gasteiger partial charge in [0.2, 0.25) is 0 Å². The van der Waals surface area contributed by atoms with Gasteiger partial charge in [-0.2, -0.15) is 43.9 Å². The van der Waals surface area contributed by atoms with Crippen LogP contribution in [0.15, 0.2) is 0 Å². The van der Waals surface area contributed by atoms with Crippen molar-refractivity contribution in [2.75, 3.05) is 0 Å². The van der Waals surface area contributed by atoms with Gasteiger partial charge in [-0.25, -0.2) is 0 Å². The number of thiocarbonyl (C=S) groups is 1. The first-order chi connectivity index (χ1) is 6.65. The molecule has 0 spiro atoms. The van der Waals surface area contributed by atoms with E-state index in [0.29, 0.717) is 0 Å². The molecule has 0 atom stereocenters. The van der Waals surface area contributed by atoms with Gasteiger partial charge in [-0.1, -0.05) is 12.2 Å². The Morgan fingerprint density at radius 1 is 0.688 bits per heavy atom. The van der Waals surface area contributed by atoms with Crippen LogP contribution < -0.4 is 0 Å². The van der Waals surface area contributed by atoms with E-state index in [2.05, 4.69) is 12.2 Å². The SMILES string of the molecule is FC(F)(F)C(=S)C(F)(F)C(F)(F)C(F)(F)F. The molecule has 0 aliphatic rings. The Kier molecular flexibility index (Phi) is 3.56. The van der Waals surface area contributed by atoms with E-state index in [1.165, 1.54) is 0 Å². The summed E-state index contributed by atoms with van der Waals surface area (Å²) in [6.07, 6.45) is -13.0. The maximum Gasteiger partial charge on any atom is 0.460 e. The summed E-state index contributed by atoms with van der Waals surface area (Å²) in [4.78, 5) is -3.62. The summed E-state index contributed by atoms with van der Waals surface area (Å²) in [5.41, 5.74) is 0. The molecule has 0 aromatic carbocycles. The highest BCUT2D eigenvalue weighted by Gasteiger charge is 2.77. The van der Waals surface area contributed by atoms with Crippen LogP contribution in [0.25, 0.3) is 0 Å². The summed E-state index contributed by atoms with van der Waals surface area (Å²) >= 11 is 2.89. The largest absolute Gasteiger partial charge is 0.460 e. The molecule has 0 nitrogen and oxygen atoms in total. The molecule has 0 radical (unpaired) electrons. The van der Waals surface area contributed by atoms with Crippen molar-refractivity contribution in [1.82, 2.24) is 0 Å². The first-order valence-electron chi connectivity index (χ1n) is 3.09. The first kappa shape index (κ1) is 15.4. The Morgan fingerprint density at radius 3 is 1.19 bits per heavy atom. The standard InChI is InChI=1S/C5F10S/c6-2(7,1(16)3(8,9)10)4(11,12)5(13,14)15. The van der Waals surface area contributed by atoms with Crippen LogP contribution in [0.3, 0.4) is 0 Å². The van der Waals surface area contributed by atoms with Gasteiger partial charge in [-0.3, -0.25) is 0 Å². The van der Waals surface area contributed by atoms with Crippen molar-refractivity contribution in [3.05, 3.63) is 0 Å². The average molecular weight is 282 g/mol. The first-order valence-corrected chi connectivity index (χ1v) is 3.50. The highest BCUT2D eigenvalue weighted by atomic mass is 32.1. The van der Waals surface area contributed by atoms with E-state index < -0.39 is 29.1 Å². The van der Waals surface area contributed by atoms with Crippen molar-refractivity contribution in [2.45, 2.75) is 24.2 Å². The molecule has 0 aliphatic carbocycles. The van der Waals surface area contributed by atoms with E-state index in [1.54, 1.807) is 0 Å². The fourth-order valence-electron chi connectivity index (χ4n) is 0.499. The van der Waals surface area contributed by atoms with Gasteiger partial charge in [0, 0.05) is 0 Å². The maximum atomic E-state index is 12.3. The second-order valence-corrected chi connectivity index (χ2v) is 2.88. The zero-order chi connectivity index (χ0) is 13.6. The van der Waals surface area contributed by atoms with Crippen LogP contribution in [-0.4, -0.2) is 29.1 Å². The van der Waals surface area contributed by atoms with E-state index in [-0.39, 0.29) is 0 Å². The molecule has 0 aliphatic heterocycles. The molecular weight excluding hydrogens is 282 g/mol. The van der Waals surface area contributed by atoms with Gasteiger partial charge >= 0.3 is 24.2 Å². The molecule has 11 heteroatoms. The van der Waals surface area contributed by atoms with Crippen molar-refractivity contribution >= 4 is 17.1 Å². The molecule has 0 aromatic rings. The quantitative estimate of drug-likeness (QED) is 0.549. The maximum absolute atomic E-state index is 12.3. The van der Waals surface area contributed by atoms with Gasteiger partial charge in [0.05, 0.1) is 0 Å². The number of alkyl halides is 10. The third-order valence-corrected chi connectivity index (χ3v) is 1.78. The van der Waals surface area contributed by atoms with Crippen molar-refractivity contribution < 1.29 is 43.9 Å². The number of hydrogen-bond donors (Lipinski definition) is 0. The second-order valence-electron chi connectivity index (χ2n) is 2.47. The average Bonchev–Trinajstić information content (AvgIpc) is 1.98. The lowest BCUT2D eigenvalue weighted by molar-refractivity contribution is -0.338. The van der Waals surface area contributed by atoms with Crippen molar-refractivity contribution in [1.29, 1.82) is 0 Å². The van der Waals surface area contributed by atoms with Gasteiger partial charge in [0.15, 0.2) is 4.86 Å². The predicted molar refractivity (Wildman–Crippen MR) is 34.6 cm³/mol. The van der Waals surface area contributed by atoms with Gasteiger partial charge in [-0.15, -0.1) is 0 Å². The topological polar surface area (TPSA) is 0 Å². The molecule has 0 aromatic heterocycles. The summed E-state index contributed by atoms with van der Waals surface area (Å²) in [7, 11) is 0. The van der Waals surface area contributed by atoms with E-state index in [1.807, 2.05) is 0 Å². The molecule has 0 saturated heterocycles. The Balaban J connectivity index is 5.46. The van der Waals surface area contributed by atoms with Gasteiger partial charge in [0.1, 0.15) is 0 Å². The summed E-state index contributed by atoms with van der Waals surface area (Å²) in [5.74, 6) is -13.4. The van der Waals surface area contributed by atoms with Crippen LogP contribution in [0.1, 0.15) is 0 Å². The molecule has 16 heavy (non-hydrogen) atoms. The summed E-state index contributed by atoms with van der Waals surface area (Å²) in [6, 6.07) is 0. The summed E-state index contributed by atoms with van der Waals surface area (Å²) in [5, 5.41) is 0. The molecule has 0 amide bonds. The molecule has 0 fully saturated rings. The van der Waals surface area contributed by atoms with Crippen LogP contribution in [0.2, 0.25) is 0 Å². The molecule has 0 saturated carbocycles. The minimum absolute atomic E-state index is 2.89. The van der Waals surface area contributed by atoms with Crippen LogP contribution in [0.5, 0.6) is 0 Å². The molecule has 0 heterocycles. The third kappa shape index (κ3) is 2.38. The van der Waals surface area contributed by atoms with Gasteiger partial charge in [-0.05, 0) is 0 Å². The Labute approximate surface area is 86.2 Å². The van der Waals surface area contributed by atoms with E-state index in [9.17, 15) is 43.9 Å². The van der Waals surface area contributed by atoms with Crippen LogP contribution in [0.4, 0.5) is 43.9 Å². The smallest absolute Gasteiger partial charge is 0.193 e. The Bertz CT molecular complexity index is 283. The normalized spacial score (nSPS) is 15.1. The lowest BCUT2D eigenvalue weighted by Crippen LogP contribution is -2.58. The Morgan fingerprint density at radius 2 is 1.00 bits per heavy atom.